The number of pyridine rings is 1. The lowest BCUT2D eigenvalue weighted by Gasteiger charge is -2.36. The van der Waals surface area contributed by atoms with Crippen molar-refractivity contribution in [1.82, 2.24) is 14.8 Å². The Bertz CT molecular complexity index is 746. The number of hydrogen-bond acceptors (Lipinski definition) is 4. The maximum atomic E-state index is 13.6. The number of ether oxygens (including phenoxy) is 1. The molecule has 1 atom stereocenters. The third kappa shape index (κ3) is 5.11. The molecule has 0 aliphatic carbocycles. The smallest absolute Gasteiger partial charge is 0.244 e. The molecule has 0 bridgehead atoms. The van der Waals surface area contributed by atoms with E-state index in [9.17, 15) is 9.18 Å². The highest BCUT2D eigenvalue weighted by atomic mass is 19.1. The first-order chi connectivity index (χ1) is 13.0. The second kappa shape index (κ2) is 9.06. The second-order valence-electron chi connectivity index (χ2n) is 7.08. The van der Waals surface area contributed by atoms with Crippen molar-refractivity contribution in [2.75, 3.05) is 27.2 Å². The van der Waals surface area contributed by atoms with Crippen molar-refractivity contribution < 1.29 is 13.9 Å². The van der Waals surface area contributed by atoms with Gasteiger partial charge >= 0.3 is 0 Å². The molecular formula is C21H26FN3O2. The summed E-state index contributed by atoms with van der Waals surface area (Å²) < 4.78 is 19.6. The SMILES string of the molecule is CN(C)C(C(=O)N1CCC(OCc2ccccn2)CC1)c1cccc(F)c1. The molecular weight excluding hydrogens is 345 g/mol. The van der Waals surface area contributed by atoms with Gasteiger partial charge in [0.2, 0.25) is 5.91 Å². The van der Waals surface area contributed by atoms with Crippen molar-refractivity contribution in [3.8, 4) is 0 Å². The molecule has 2 aromatic rings. The summed E-state index contributed by atoms with van der Waals surface area (Å²) in [4.78, 5) is 21.0. The quantitative estimate of drug-likeness (QED) is 0.783. The van der Waals surface area contributed by atoms with E-state index in [2.05, 4.69) is 4.98 Å². The van der Waals surface area contributed by atoms with Crippen LogP contribution in [0, 0.1) is 5.82 Å². The van der Waals surface area contributed by atoms with E-state index in [-0.39, 0.29) is 17.8 Å². The van der Waals surface area contributed by atoms with Gasteiger partial charge in [-0.2, -0.15) is 0 Å². The van der Waals surface area contributed by atoms with Crippen LogP contribution in [-0.2, 0) is 16.1 Å². The molecule has 1 unspecified atom stereocenters. The minimum Gasteiger partial charge on any atom is -0.372 e. The summed E-state index contributed by atoms with van der Waals surface area (Å²) in [6.45, 7) is 1.78. The molecule has 1 aliphatic rings. The van der Waals surface area contributed by atoms with E-state index in [0.717, 1.165) is 18.5 Å². The van der Waals surface area contributed by atoms with Crippen LogP contribution in [0.1, 0.15) is 30.1 Å². The summed E-state index contributed by atoms with van der Waals surface area (Å²) in [6, 6.07) is 11.6. The van der Waals surface area contributed by atoms with Gasteiger partial charge in [0.05, 0.1) is 18.4 Å². The highest BCUT2D eigenvalue weighted by molar-refractivity contribution is 5.83. The fourth-order valence-electron chi connectivity index (χ4n) is 3.44. The van der Waals surface area contributed by atoms with E-state index >= 15 is 0 Å². The van der Waals surface area contributed by atoms with Crippen LogP contribution in [0.5, 0.6) is 0 Å². The zero-order valence-electron chi connectivity index (χ0n) is 15.8. The maximum Gasteiger partial charge on any atom is 0.244 e. The highest BCUT2D eigenvalue weighted by Crippen LogP contribution is 2.24. The highest BCUT2D eigenvalue weighted by Gasteiger charge is 2.31. The van der Waals surface area contributed by atoms with E-state index < -0.39 is 6.04 Å². The first-order valence-corrected chi connectivity index (χ1v) is 9.27. The lowest BCUT2D eigenvalue weighted by molar-refractivity contribution is -0.139. The Morgan fingerprint density at radius 3 is 2.67 bits per heavy atom. The van der Waals surface area contributed by atoms with Crippen molar-refractivity contribution in [2.45, 2.75) is 31.6 Å². The van der Waals surface area contributed by atoms with E-state index in [1.54, 1.807) is 18.3 Å². The molecule has 1 saturated heterocycles. The summed E-state index contributed by atoms with van der Waals surface area (Å²) in [5.41, 5.74) is 1.59. The normalized spacial score (nSPS) is 16.5. The maximum absolute atomic E-state index is 13.6. The van der Waals surface area contributed by atoms with Crippen LogP contribution in [-0.4, -0.2) is 54.0 Å². The van der Waals surface area contributed by atoms with Crippen molar-refractivity contribution in [3.63, 3.8) is 0 Å². The Balaban J connectivity index is 1.56. The van der Waals surface area contributed by atoms with Crippen LogP contribution in [0.25, 0.3) is 0 Å². The molecule has 0 N–H and O–H groups in total. The van der Waals surface area contributed by atoms with Crippen LogP contribution in [0.3, 0.4) is 0 Å². The lowest BCUT2D eigenvalue weighted by Crippen LogP contribution is -2.45. The molecule has 1 aliphatic heterocycles. The monoisotopic (exact) mass is 371 g/mol. The van der Waals surface area contributed by atoms with E-state index in [4.69, 9.17) is 4.74 Å². The van der Waals surface area contributed by atoms with Crippen molar-refractivity contribution in [2.24, 2.45) is 0 Å². The predicted octanol–water partition coefficient (Wildman–Crippen LogP) is 3.03. The Morgan fingerprint density at radius 2 is 2.04 bits per heavy atom. The zero-order valence-corrected chi connectivity index (χ0v) is 15.8. The molecule has 0 spiro atoms. The Kier molecular flexibility index (Phi) is 6.53. The summed E-state index contributed by atoms with van der Waals surface area (Å²) in [7, 11) is 3.69. The molecule has 3 rings (SSSR count). The van der Waals surface area contributed by atoms with Gasteiger partial charge in [0.15, 0.2) is 0 Å². The fourth-order valence-corrected chi connectivity index (χ4v) is 3.44. The van der Waals surface area contributed by atoms with Crippen LogP contribution in [0.15, 0.2) is 48.7 Å². The predicted molar refractivity (Wildman–Crippen MR) is 101 cm³/mol. The van der Waals surface area contributed by atoms with Gasteiger partial charge in [0.25, 0.3) is 0 Å². The van der Waals surface area contributed by atoms with E-state index in [1.165, 1.54) is 12.1 Å². The summed E-state index contributed by atoms with van der Waals surface area (Å²) in [5.74, 6) is -0.317. The molecule has 0 saturated carbocycles. The number of piperidine rings is 1. The second-order valence-corrected chi connectivity index (χ2v) is 7.08. The first-order valence-electron chi connectivity index (χ1n) is 9.27. The minimum atomic E-state index is -0.480. The molecule has 27 heavy (non-hydrogen) atoms. The van der Waals surface area contributed by atoms with Crippen LogP contribution in [0.4, 0.5) is 4.39 Å². The number of carbonyl (C=O) groups excluding carboxylic acids is 1. The molecule has 6 heteroatoms. The van der Waals surface area contributed by atoms with Crippen molar-refractivity contribution in [3.05, 3.63) is 65.7 Å². The lowest BCUT2D eigenvalue weighted by atomic mass is 10.0. The molecule has 1 amide bonds. The van der Waals surface area contributed by atoms with E-state index in [1.807, 2.05) is 42.1 Å². The minimum absolute atomic E-state index is 0.00813. The van der Waals surface area contributed by atoms with Crippen molar-refractivity contribution in [1.29, 1.82) is 0 Å². The van der Waals surface area contributed by atoms with Crippen molar-refractivity contribution >= 4 is 5.91 Å². The number of aromatic nitrogens is 1. The molecule has 1 aromatic carbocycles. The van der Waals surface area contributed by atoms with Gasteiger partial charge in [-0.15, -0.1) is 0 Å². The number of hydrogen-bond donors (Lipinski definition) is 0. The molecule has 1 aromatic heterocycles. The zero-order chi connectivity index (χ0) is 19.2. The van der Waals surface area contributed by atoms with Gasteiger partial charge in [0, 0.05) is 19.3 Å². The topological polar surface area (TPSA) is 45.7 Å². The van der Waals surface area contributed by atoms with Gasteiger partial charge in [0.1, 0.15) is 11.9 Å². The van der Waals surface area contributed by atoms with Gasteiger partial charge in [-0.25, -0.2) is 4.39 Å². The molecule has 5 nitrogen and oxygen atoms in total. The first kappa shape index (κ1) is 19.5. The van der Waals surface area contributed by atoms with Gasteiger partial charge < -0.3 is 9.64 Å². The standard InChI is InChI=1S/C21H26FN3O2/c1-24(2)20(16-6-5-7-17(22)14-16)21(26)25-12-9-19(10-13-25)27-15-18-8-3-4-11-23-18/h3-8,11,14,19-20H,9-10,12-13,15H2,1-2H3. The van der Waals surface area contributed by atoms with Gasteiger partial charge in [-0.3, -0.25) is 14.7 Å². The summed E-state index contributed by atoms with van der Waals surface area (Å²) in [5, 5.41) is 0. The molecule has 144 valence electrons. The Labute approximate surface area is 159 Å². The van der Waals surface area contributed by atoms with Crippen LogP contribution >= 0.6 is 0 Å². The number of likely N-dealkylation sites (tertiary alicyclic amines) is 1. The van der Waals surface area contributed by atoms with Crippen LogP contribution in [0.2, 0.25) is 0 Å². The summed E-state index contributed by atoms with van der Waals surface area (Å²) >= 11 is 0. The third-order valence-corrected chi connectivity index (χ3v) is 4.86. The number of halogens is 1. The number of amides is 1. The number of likely N-dealkylation sites (N-methyl/N-ethyl adjacent to an activating group) is 1. The number of carbonyl (C=O) groups is 1. The summed E-state index contributed by atoms with van der Waals surface area (Å²) in [6.07, 6.45) is 3.47. The largest absolute Gasteiger partial charge is 0.372 e. The molecule has 0 radical (unpaired) electrons. The van der Waals surface area contributed by atoms with Crippen LogP contribution < -0.4 is 0 Å². The fraction of sp³-hybridized carbons (Fsp3) is 0.429. The number of benzene rings is 1. The van der Waals surface area contributed by atoms with Gasteiger partial charge in [-0.05, 0) is 56.8 Å². The van der Waals surface area contributed by atoms with E-state index in [0.29, 0.717) is 25.3 Å². The Morgan fingerprint density at radius 1 is 1.26 bits per heavy atom. The third-order valence-electron chi connectivity index (χ3n) is 4.86. The molecule has 1 fully saturated rings. The molecule has 2 heterocycles. The average Bonchev–Trinajstić information content (AvgIpc) is 2.67. The van der Waals surface area contributed by atoms with Gasteiger partial charge in [-0.1, -0.05) is 18.2 Å². The average molecular weight is 371 g/mol. The Hall–Kier alpha value is -2.31. The number of nitrogens with zero attached hydrogens (tertiary/aromatic N) is 3. The number of rotatable bonds is 6.